The van der Waals surface area contributed by atoms with E-state index in [9.17, 15) is 9.90 Å². The maximum atomic E-state index is 11.0. The van der Waals surface area contributed by atoms with Gasteiger partial charge in [-0.3, -0.25) is 4.79 Å². The number of aliphatic hydroxyl groups is 1. The van der Waals surface area contributed by atoms with Gasteiger partial charge in [0.2, 0.25) is 0 Å². The smallest absolute Gasteiger partial charge is 0.309 e. The van der Waals surface area contributed by atoms with Crippen molar-refractivity contribution in [2.24, 2.45) is 23.7 Å². The number of allylic oxidation sites excluding steroid dienone is 1. The van der Waals surface area contributed by atoms with E-state index in [0.717, 1.165) is 31.1 Å². The standard InChI is InChI=1S/C19H34O4/c1-5-13(3)18(23-4)12-15-11-14(15)9-7-8-10-17(20)16(6-2)19(21)22/h7-8,13-18,20H,5-6,9-12H2,1-4H3,(H,21,22)/b8-7-/t13-,14?,15?,16+,17+,18-/m0/s1. The van der Waals surface area contributed by atoms with Crippen molar-refractivity contribution in [3.05, 3.63) is 12.2 Å². The summed E-state index contributed by atoms with van der Waals surface area (Å²) in [6, 6.07) is 0. The van der Waals surface area contributed by atoms with Gasteiger partial charge in [-0.05, 0) is 49.9 Å². The third-order valence-electron chi connectivity index (χ3n) is 5.39. The number of carboxylic acid groups (broad SMARTS) is 1. The van der Waals surface area contributed by atoms with Crippen molar-refractivity contribution >= 4 is 5.97 Å². The second-order valence-corrected chi connectivity index (χ2v) is 7.01. The molecular formula is C19H34O4. The summed E-state index contributed by atoms with van der Waals surface area (Å²) >= 11 is 0. The van der Waals surface area contributed by atoms with E-state index in [-0.39, 0.29) is 0 Å². The Bertz CT molecular complexity index is 380. The van der Waals surface area contributed by atoms with E-state index >= 15 is 0 Å². The largest absolute Gasteiger partial charge is 0.481 e. The van der Waals surface area contributed by atoms with Gasteiger partial charge in [-0.2, -0.15) is 0 Å². The molecule has 0 aromatic carbocycles. The Morgan fingerprint density at radius 2 is 1.96 bits per heavy atom. The van der Waals surface area contributed by atoms with Crippen LogP contribution in [-0.2, 0) is 9.53 Å². The summed E-state index contributed by atoms with van der Waals surface area (Å²) in [5, 5.41) is 18.9. The van der Waals surface area contributed by atoms with E-state index in [0.29, 0.717) is 24.9 Å². The predicted octanol–water partition coefficient (Wildman–Crippen LogP) is 3.88. The number of aliphatic hydroxyl groups excluding tert-OH is 1. The fourth-order valence-electron chi connectivity index (χ4n) is 3.29. The Morgan fingerprint density at radius 1 is 1.26 bits per heavy atom. The Labute approximate surface area is 140 Å². The normalized spacial score (nSPS) is 26.0. The molecule has 0 saturated heterocycles. The van der Waals surface area contributed by atoms with Gasteiger partial charge in [0, 0.05) is 7.11 Å². The molecule has 23 heavy (non-hydrogen) atoms. The molecule has 0 aromatic heterocycles. The third-order valence-corrected chi connectivity index (χ3v) is 5.39. The molecule has 1 fully saturated rings. The molecule has 0 radical (unpaired) electrons. The molecule has 1 rings (SSSR count). The summed E-state index contributed by atoms with van der Waals surface area (Å²) in [4.78, 5) is 11.0. The van der Waals surface area contributed by atoms with Gasteiger partial charge in [0.1, 0.15) is 0 Å². The molecule has 1 saturated carbocycles. The highest BCUT2D eigenvalue weighted by molar-refractivity contribution is 5.70. The molecule has 0 bridgehead atoms. The molecule has 0 heterocycles. The summed E-state index contributed by atoms with van der Waals surface area (Å²) in [6.45, 7) is 6.25. The van der Waals surface area contributed by atoms with Gasteiger partial charge >= 0.3 is 5.97 Å². The molecular weight excluding hydrogens is 292 g/mol. The summed E-state index contributed by atoms with van der Waals surface area (Å²) in [5.74, 6) is 0.518. The molecule has 0 aromatic rings. The average Bonchev–Trinajstić information content (AvgIpc) is 3.26. The fourth-order valence-corrected chi connectivity index (χ4v) is 3.29. The van der Waals surface area contributed by atoms with Crippen LogP contribution in [0.3, 0.4) is 0 Å². The van der Waals surface area contributed by atoms with Crippen LogP contribution in [0.15, 0.2) is 12.2 Å². The Hall–Kier alpha value is -0.870. The second kappa shape index (κ2) is 10.1. The molecule has 4 heteroatoms. The van der Waals surface area contributed by atoms with E-state index in [1.807, 2.05) is 13.2 Å². The molecule has 134 valence electrons. The van der Waals surface area contributed by atoms with E-state index in [1.54, 1.807) is 6.92 Å². The van der Waals surface area contributed by atoms with Crippen LogP contribution in [0.25, 0.3) is 0 Å². The van der Waals surface area contributed by atoms with Crippen LogP contribution in [-0.4, -0.2) is 35.5 Å². The number of methoxy groups -OCH3 is 1. The number of carboxylic acids is 1. The lowest BCUT2D eigenvalue weighted by molar-refractivity contribution is -0.145. The zero-order valence-electron chi connectivity index (χ0n) is 15.1. The minimum atomic E-state index is -0.911. The molecule has 2 N–H and O–H groups in total. The summed E-state index contributed by atoms with van der Waals surface area (Å²) in [7, 11) is 1.81. The Balaban J connectivity index is 2.26. The summed E-state index contributed by atoms with van der Waals surface area (Å²) < 4.78 is 5.61. The molecule has 0 spiro atoms. The maximum absolute atomic E-state index is 11.0. The van der Waals surface area contributed by atoms with Crippen LogP contribution >= 0.6 is 0 Å². The number of hydrogen-bond acceptors (Lipinski definition) is 3. The second-order valence-electron chi connectivity index (χ2n) is 7.01. The first-order chi connectivity index (χ1) is 10.9. The van der Waals surface area contributed by atoms with Gasteiger partial charge in [0.25, 0.3) is 0 Å². The third kappa shape index (κ3) is 6.64. The lowest BCUT2D eigenvalue weighted by atomic mass is 9.96. The van der Waals surface area contributed by atoms with Crippen LogP contribution in [0.1, 0.15) is 59.3 Å². The van der Waals surface area contributed by atoms with Crippen molar-refractivity contribution < 1.29 is 19.7 Å². The quantitative estimate of drug-likeness (QED) is 0.534. The zero-order chi connectivity index (χ0) is 17.4. The van der Waals surface area contributed by atoms with Crippen LogP contribution in [0, 0.1) is 23.7 Å². The highest BCUT2D eigenvalue weighted by Crippen LogP contribution is 2.46. The van der Waals surface area contributed by atoms with Gasteiger partial charge in [0.05, 0.1) is 18.1 Å². The van der Waals surface area contributed by atoms with Crippen LogP contribution in [0.5, 0.6) is 0 Å². The van der Waals surface area contributed by atoms with Crippen molar-refractivity contribution in [3.63, 3.8) is 0 Å². The predicted molar refractivity (Wildman–Crippen MR) is 92.3 cm³/mol. The first-order valence-corrected chi connectivity index (χ1v) is 9.03. The maximum Gasteiger partial charge on any atom is 0.309 e. The summed E-state index contributed by atoms with van der Waals surface area (Å²) in [5.41, 5.74) is 0. The molecule has 1 aliphatic carbocycles. The number of ether oxygens (including phenoxy) is 1. The lowest BCUT2D eigenvalue weighted by Gasteiger charge is -2.21. The topological polar surface area (TPSA) is 66.8 Å². The van der Waals surface area contributed by atoms with Crippen LogP contribution < -0.4 is 0 Å². The van der Waals surface area contributed by atoms with E-state index in [2.05, 4.69) is 19.9 Å². The molecule has 1 aliphatic rings. The Kier molecular flexibility index (Phi) is 8.85. The number of carbonyl (C=O) groups is 1. The number of rotatable bonds is 12. The van der Waals surface area contributed by atoms with Gasteiger partial charge in [-0.1, -0.05) is 39.3 Å². The van der Waals surface area contributed by atoms with Gasteiger partial charge in [0.15, 0.2) is 0 Å². The Morgan fingerprint density at radius 3 is 2.48 bits per heavy atom. The van der Waals surface area contributed by atoms with Gasteiger partial charge < -0.3 is 14.9 Å². The fraction of sp³-hybridized carbons (Fsp3) is 0.842. The van der Waals surface area contributed by atoms with E-state index in [4.69, 9.17) is 9.84 Å². The minimum Gasteiger partial charge on any atom is -0.481 e. The first kappa shape index (κ1) is 20.2. The molecule has 0 aliphatic heterocycles. The van der Waals surface area contributed by atoms with Crippen LogP contribution in [0.4, 0.5) is 0 Å². The van der Waals surface area contributed by atoms with E-state index < -0.39 is 18.0 Å². The number of hydrogen-bond donors (Lipinski definition) is 2. The van der Waals surface area contributed by atoms with Crippen molar-refractivity contribution in [1.82, 2.24) is 0 Å². The molecule has 2 unspecified atom stereocenters. The molecule has 6 atom stereocenters. The van der Waals surface area contributed by atoms with Crippen LogP contribution in [0.2, 0.25) is 0 Å². The molecule has 0 amide bonds. The summed E-state index contributed by atoms with van der Waals surface area (Å²) in [6.07, 6.45) is 9.09. The van der Waals surface area contributed by atoms with Gasteiger partial charge in [-0.25, -0.2) is 0 Å². The lowest BCUT2D eigenvalue weighted by Crippen LogP contribution is -2.26. The van der Waals surface area contributed by atoms with Gasteiger partial charge in [-0.15, -0.1) is 0 Å². The number of aliphatic carboxylic acids is 1. The van der Waals surface area contributed by atoms with E-state index in [1.165, 1.54) is 6.42 Å². The monoisotopic (exact) mass is 326 g/mol. The van der Waals surface area contributed by atoms with Crippen molar-refractivity contribution in [1.29, 1.82) is 0 Å². The van der Waals surface area contributed by atoms with Crippen molar-refractivity contribution in [3.8, 4) is 0 Å². The zero-order valence-corrected chi connectivity index (χ0v) is 15.1. The average molecular weight is 326 g/mol. The highest BCUT2D eigenvalue weighted by Gasteiger charge is 2.38. The highest BCUT2D eigenvalue weighted by atomic mass is 16.5. The molecule has 4 nitrogen and oxygen atoms in total. The van der Waals surface area contributed by atoms with Crippen molar-refractivity contribution in [2.75, 3.05) is 7.11 Å². The minimum absolute atomic E-state index is 0.363. The van der Waals surface area contributed by atoms with Crippen molar-refractivity contribution in [2.45, 2.75) is 71.5 Å². The SMILES string of the molecule is CC[C@H](C)[C@H](CC1CC1C/C=C\C[C@@H](O)[C@@H](CC)C(=O)O)OC. The first-order valence-electron chi connectivity index (χ1n) is 9.03.